The Morgan fingerprint density at radius 1 is 1.17 bits per heavy atom. The average Bonchev–Trinajstić information content (AvgIpc) is 3.07. The summed E-state index contributed by atoms with van der Waals surface area (Å²) in [4.78, 5) is 30.4. The molecule has 2 aromatic carbocycles. The second kappa shape index (κ2) is 6.43. The van der Waals surface area contributed by atoms with Crippen molar-refractivity contribution in [2.45, 2.75) is 32.3 Å². The van der Waals surface area contributed by atoms with Gasteiger partial charge in [0.25, 0.3) is 0 Å². The number of Topliss-reactive ketones (excluding diaryl/α,β-unsaturated/α-hetero) is 1. The fourth-order valence-electron chi connectivity index (χ4n) is 2.88. The molecule has 0 spiro atoms. The summed E-state index contributed by atoms with van der Waals surface area (Å²) in [5, 5.41) is 5.75. The van der Waals surface area contributed by atoms with Crippen LogP contribution in [0.3, 0.4) is 0 Å². The second-order valence-electron chi connectivity index (χ2n) is 5.73. The van der Waals surface area contributed by atoms with Crippen LogP contribution in [-0.2, 0) is 14.4 Å². The van der Waals surface area contributed by atoms with E-state index in [1.54, 1.807) is 13.0 Å². The molecule has 1 aliphatic rings. The van der Waals surface area contributed by atoms with Gasteiger partial charge in [-0.1, -0.05) is 54.5 Å². The van der Waals surface area contributed by atoms with Crippen LogP contribution in [0.2, 0.25) is 0 Å². The predicted molar refractivity (Wildman–Crippen MR) is 91.1 cm³/mol. The number of benzene rings is 2. The van der Waals surface area contributed by atoms with Crippen molar-refractivity contribution in [1.82, 2.24) is 0 Å². The zero-order valence-corrected chi connectivity index (χ0v) is 13.7. The highest BCUT2D eigenvalue weighted by molar-refractivity contribution is 6.48. The molecule has 0 amide bonds. The van der Waals surface area contributed by atoms with Crippen LogP contribution in [0, 0.1) is 0 Å². The highest BCUT2D eigenvalue weighted by Gasteiger charge is 2.48. The Morgan fingerprint density at radius 2 is 1.92 bits per heavy atom. The fourth-order valence-corrected chi connectivity index (χ4v) is 2.88. The maximum absolute atomic E-state index is 12.9. The van der Waals surface area contributed by atoms with Crippen LogP contribution in [0.25, 0.3) is 10.8 Å². The molecule has 124 valence electrons. The minimum absolute atomic E-state index is 0.129. The summed E-state index contributed by atoms with van der Waals surface area (Å²) >= 11 is 0. The van der Waals surface area contributed by atoms with Crippen molar-refractivity contribution in [3.8, 4) is 0 Å². The third kappa shape index (κ3) is 2.66. The van der Waals surface area contributed by atoms with E-state index in [0.29, 0.717) is 12.0 Å². The van der Waals surface area contributed by atoms with Gasteiger partial charge >= 0.3 is 5.97 Å². The molecule has 0 aromatic heterocycles. The third-order valence-electron chi connectivity index (χ3n) is 4.30. The van der Waals surface area contributed by atoms with Crippen molar-refractivity contribution in [2.24, 2.45) is 5.16 Å². The van der Waals surface area contributed by atoms with E-state index in [1.807, 2.05) is 43.3 Å². The maximum atomic E-state index is 12.9. The van der Waals surface area contributed by atoms with Gasteiger partial charge in [-0.3, -0.25) is 4.79 Å². The molecule has 3 rings (SSSR count). The molecule has 0 radical (unpaired) electrons. The third-order valence-corrected chi connectivity index (χ3v) is 4.30. The zero-order chi connectivity index (χ0) is 17.2. The largest absolute Gasteiger partial charge is 0.463 e. The number of carbonyl (C=O) groups excluding carboxylic acids is 2. The molecule has 2 aromatic rings. The Balaban J connectivity index is 1.90. The number of nitrogens with zero attached hydrogens (tertiary/aromatic N) is 1. The summed E-state index contributed by atoms with van der Waals surface area (Å²) in [6.07, 6.45) is 0.520. The standard InChI is InChI=1S/C19H19NO4/c1-3-19(18(22)23-4-2)12-16(20-24-19)17(21)15-11-7-9-13-8-5-6-10-14(13)15/h5-11H,3-4,12H2,1-2H3. The van der Waals surface area contributed by atoms with Crippen LogP contribution in [-0.4, -0.2) is 29.7 Å². The Bertz CT molecular complexity index is 822. The van der Waals surface area contributed by atoms with Gasteiger partial charge in [0.1, 0.15) is 5.71 Å². The molecule has 1 heterocycles. The lowest BCUT2D eigenvalue weighted by Gasteiger charge is -2.22. The first-order chi connectivity index (χ1) is 11.6. The Labute approximate surface area is 140 Å². The first kappa shape index (κ1) is 16.2. The molecule has 0 N–H and O–H groups in total. The van der Waals surface area contributed by atoms with Gasteiger partial charge in [-0.05, 0) is 24.1 Å². The number of carbonyl (C=O) groups is 2. The van der Waals surface area contributed by atoms with Gasteiger partial charge in [-0.25, -0.2) is 4.79 Å². The number of fused-ring (bicyclic) bond motifs is 1. The predicted octanol–water partition coefficient (Wildman–Crippen LogP) is 3.51. The van der Waals surface area contributed by atoms with Gasteiger partial charge in [0.05, 0.1) is 13.0 Å². The van der Waals surface area contributed by atoms with Gasteiger partial charge in [0, 0.05) is 5.56 Å². The van der Waals surface area contributed by atoms with Crippen LogP contribution in [0.5, 0.6) is 0 Å². The van der Waals surface area contributed by atoms with E-state index in [0.717, 1.165) is 10.8 Å². The number of esters is 1. The van der Waals surface area contributed by atoms with E-state index in [2.05, 4.69) is 5.16 Å². The summed E-state index contributed by atoms with van der Waals surface area (Å²) < 4.78 is 5.08. The number of rotatable bonds is 5. The Hall–Kier alpha value is -2.69. The fraction of sp³-hybridized carbons (Fsp3) is 0.316. The summed E-state index contributed by atoms with van der Waals surface area (Å²) in [6, 6.07) is 13.2. The van der Waals surface area contributed by atoms with Gasteiger partial charge in [0.2, 0.25) is 11.4 Å². The van der Waals surface area contributed by atoms with Crippen molar-refractivity contribution in [2.75, 3.05) is 6.61 Å². The molecule has 0 saturated carbocycles. The van der Waals surface area contributed by atoms with Gasteiger partial charge in [-0.15, -0.1) is 0 Å². The normalized spacial score (nSPS) is 19.7. The molecule has 0 saturated heterocycles. The molecule has 1 atom stereocenters. The zero-order valence-electron chi connectivity index (χ0n) is 13.7. The molecule has 1 unspecified atom stereocenters. The average molecular weight is 325 g/mol. The molecular formula is C19H19NO4. The highest BCUT2D eigenvalue weighted by atomic mass is 16.7. The van der Waals surface area contributed by atoms with Crippen molar-refractivity contribution in [3.63, 3.8) is 0 Å². The summed E-state index contributed by atoms with van der Waals surface area (Å²) in [5.74, 6) is -0.691. The van der Waals surface area contributed by atoms with Gasteiger partial charge in [-0.2, -0.15) is 0 Å². The minimum Gasteiger partial charge on any atom is -0.463 e. The molecule has 0 fully saturated rings. The minimum atomic E-state index is -1.19. The Kier molecular flexibility index (Phi) is 4.34. The number of ether oxygens (including phenoxy) is 1. The first-order valence-corrected chi connectivity index (χ1v) is 8.06. The molecular weight excluding hydrogens is 306 g/mol. The Morgan fingerprint density at radius 3 is 2.67 bits per heavy atom. The number of hydrogen-bond acceptors (Lipinski definition) is 5. The molecule has 0 bridgehead atoms. The van der Waals surface area contributed by atoms with E-state index in [1.165, 1.54) is 0 Å². The lowest BCUT2D eigenvalue weighted by Crippen LogP contribution is -2.40. The quantitative estimate of drug-likeness (QED) is 0.623. The van der Waals surface area contributed by atoms with Gasteiger partial charge in [0.15, 0.2) is 0 Å². The van der Waals surface area contributed by atoms with E-state index in [9.17, 15) is 9.59 Å². The molecule has 5 nitrogen and oxygen atoms in total. The van der Waals surface area contributed by atoms with E-state index in [4.69, 9.17) is 9.57 Å². The SMILES string of the molecule is CCOC(=O)C1(CC)CC(C(=O)c2cccc3ccccc23)=NO1. The summed E-state index contributed by atoms with van der Waals surface area (Å²) in [5.41, 5.74) is -0.376. The topological polar surface area (TPSA) is 65.0 Å². The molecule has 5 heteroatoms. The molecule has 1 aliphatic heterocycles. The van der Waals surface area contributed by atoms with E-state index >= 15 is 0 Å². The highest BCUT2D eigenvalue weighted by Crippen LogP contribution is 2.31. The van der Waals surface area contributed by atoms with Gasteiger partial charge < -0.3 is 9.57 Å². The summed E-state index contributed by atoms with van der Waals surface area (Å²) in [7, 11) is 0. The van der Waals surface area contributed by atoms with Crippen LogP contribution < -0.4 is 0 Å². The van der Waals surface area contributed by atoms with Crippen molar-refractivity contribution < 1.29 is 19.2 Å². The van der Waals surface area contributed by atoms with E-state index < -0.39 is 11.6 Å². The van der Waals surface area contributed by atoms with Crippen LogP contribution >= 0.6 is 0 Å². The smallest absolute Gasteiger partial charge is 0.353 e. The first-order valence-electron chi connectivity index (χ1n) is 8.06. The number of ketones is 1. The molecule has 0 aliphatic carbocycles. The summed E-state index contributed by atoms with van der Waals surface area (Å²) in [6.45, 7) is 3.81. The van der Waals surface area contributed by atoms with Crippen molar-refractivity contribution in [1.29, 1.82) is 0 Å². The number of oxime groups is 1. The van der Waals surface area contributed by atoms with Crippen LogP contribution in [0.1, 0.15) is 37.0 Å². The van der Waals surface area contributed by atoms with Crippen molar-refractivity contribution >= 4 is 28.2 Å². The van der Waals surface area contributed by atoms with Crippen LogP contribution in [0.4, 0.5) is 0 Å². The lowest BCUT2D eigenvalue weighted by molar-refractivity contribution is -0.169. The van der Waals surface area contributed by atoms with Crippen molar-refractivity contribution in [3.05, 3.63) is 48.0 Å². The lowest BCUT2D eigenvalue weighted by atomic mass is 9.90. The second-order valence-corrected chi connectivity index (χ2v) is 5.73. The maximum Gasteiger partial charge on any atom is 0.353 e. The monoisotopic (exact) mass is 325 g/mol. The van der Waals surface area contributed by atoms with Crippen LogP contribution in [0.15, 0.2) is 47.6 Å². The number of hydrogen-bond donors (Lipinski definition) is 0. The van der Waals surface area contributed by atoms with E-state index in [-0.39, 0.29) is 24.5 Å². The molecule has 24 heavy (non-hydrogen) atoms.